The van der Waals surface area contributed by atoms with Gasteiger partial charge in [-0.3, -0.25) is 0 Å². The molecule has 9 heavy (non-hydrogen) atoms. The van der Waals surface area contributed by atoms with Crippen LogP contribution in [-0.2, 0) is 0 Å². The molecule has 1 N–H and O–H groups in total. The van der Waals surface area contributed by atoms with Crippen molar-refractivity contribution in [3.05, 3.63) is 22.6 Å². The van der Waals surface area contributed by atoms with Crippen LogP contribution < -0.4 is 0 Å². The van der Waals surface area contributed by atoms with Gasteiger partial charge in [-0.25, -0.2) is 14.8 Å². The molecule has 2 heterocycles. The molecule has 0 unspecified atom stereocenters. The van der Waals surface area contributed by atoms with Gasteiger partial charge in [0, 0.05) is 0 Å². The van der Waals surface area contributed by atoms with Gasteiger partial charge in [-0.1, -0.05) is 0 Å². The van der Waals surface area contributed by atoms with Crippen LogP contribution in [0.25, 0.3) is 0 Å². The van der Waals surface area contributed by atoms with Gasteiger partial charge in [0.05, 0.1) is 6.20 Å². The molecule has 0 amide bonds. The van der Waals surface area contributed by atoms with Gasteiger partial charge in [0.1, 0.15) is 10.7 Å². The van der Waals surface area contributed by atoms with Crippen LogP contribution >= 0.6 is 0 Å². The molecule has 2 rings (SSSR count). The van der Waals surface area contributed by atoms with E-state index >= 15 is 0 Å². The lowest BCUT2D eigenvalue weighted by Gasteiger charge is -2.02. The van der Waals surface area contributed by atoms with E-state index in [1.165, 1.54) is 0 Å². The van der Waals surface area contributed by atoms with Crippen molar-refractivity contribution in [1.82, 2.24) is 9.97 Å². The predicted octanol–water partition coefficient (Wildman–Crippen LogP) is -0.225. The van der Waals surface area contributed by atoms with E-state index in [9.17, 15) is 4.79 Å². The van der Waals surface area contributed by atoms with Crippen molar-refractivity contribution in [3.63, 3.8) is 0 Å². The van der Waals surface area contributed by atoms with Gasteiger partial charge in [-0.05, 0) is 0 Å². The number of carboxylic acids is 1. The van der Waals surface area contributed by atoms with Gasteiger partial charge in [0.25, 0.3) is 0 Å². The second kappa shape index (κ2) is 1.10. The Bertz CT molecular complexity index is 371. The molecule has 0 aromatic heterocycles. The number of hydrogen-bond donors (Lipinski definition) is 1. The SMILES string of the molecule is O=C(O)c1nc2cnc1=2. The van der Waals surface area contributed by atoms with E-state index in [0.717, 1.165) is 0 Å². The Kier molecular flexibility index (Phi) is 0.541. The van der Waals surface area contributed by atoms with Crippen molar-refractivity contribution in [1.29, 1.82) is 0 Å². The molecule has 0 bridgehead atoms. The fraction of sp³-hybridized carbons (Fsp3) is 0. The van der Waals surface area contributed by atoms with Crippen LogP contribution in [0.3, 0.4) is 0 Å². The van der Waals surface area contributed by atoms with E-state index in [-0.39, 0.29) is 5.69 Å². The molecule has 0 saturated heterocycles. The fourth-order valence-electron chi connectivity index (χ4n) is 0.721. The molecule has 0 aromatic carbocycles. The number of carbonyl (C=O) groups is 1. The Morgan fingerprint density at radius 1 is 1.67 bits per heavy atom. The molecule has 4 heteroatoms. The highest BCUT2D eigenvalue weighted by atomic mass is 16.4. The van der Waals surface area contributed by atoms with Crippen LogP contribution in [0.4, 0.5) is 0 Å². The summed E-state index contributed by atoms with van der Waals surface area (Å²) in [6.45, 7) is 0. The minimum Gasteiger partial charge on any atom is -0.476 e. The third kappa shape index (κ3) is 0.355. The Hall–Kier alpha value is -1.45. The van der Waals surface area contributed by atoms with Gasteiger partial charge < -0.3 is 5.11 Å². The van der Waals surface area contributed by atoms with Crippen molar-refractivity contribution in [3.8, 4) is 0 Å². The largest absolute Gasteiger partial charge is 0.476 e. The highest BCUT2D eigenvalue weighted by Crippen LogP contribution is 2.05. The molecular formula is C5H2N2O2. The predicted molar refractivity (Wildman–Crippen MR) is 26.7 cm³/mol. The first-order chi connectivity index (χ1) is 4.29. The monoisotopic (exact) mass is 122 g/mol. The smallest absolute Gasteiger partial charge is 0.356 e. The van der Waals surface area contributed by atoms with Crippen LogP contribution in [-0.4, -0.2) is 21.0 Å². The molecule has 0 aromatic rings. The highest BCUT2D eigenvalue weighted by Gasteiger charge is 2.15. The summed E-state index contributed by atoms with van der Waals surface area (Å²) in [5.41, 5.74) is 0.0903. The summed E-state index contributed by atoms with van der Waals surface area (Å²) in [5, 5.41) is 9.58. The molecule has 44 valence electrons. The fourth-order valence-corrected chi connectivity index (χ4v) is 0.721. The van der Waals surface area contributed by atoms with E-state index in [4.69, 9.17) is 5.11 Å². The molecule has 0 atom stereocenters. The lowest BCUT2D eigenvalue weighted by atomic mass is 10.3. The standard InChI is InChI=1S/C5H2N2O2/c8-5(9)4-3-2(7-4)1-6-3/h1H,(H,8,9). The molecular weight excluding hydrogens is 120 g/mol. The number of aromatic carboxylic acids is 1. The highest BCUT2D eigenvalue weighted by molar-refractivity contribution is 5.86. The summed E-state index contributed by atoms with van der Waals surface area (Å²) < 4.78 is 0. The second-order valence-corrected chi connectivity index (χ2v) is 1.76. The zero-order valence-corrected chi connectivity index (χ0v) is 4.33. The lowest BCUT2D eigenvalue weighted by Crippen LogP contribution is -2.12. The zero-order chi connectivity index (χ0) is 6.43. The maximum atomic E-state index is 10.1. The maximum Gasteiger partial charge on any atom is 0.356 e. The first-order valence-electron chi connectivity index (χ1n) is 2.40. The number of nitrogens with zero attached hydrogens (tertiary/aromatic N) is 2. The molecule has 0 spiro atoms. The first-order valence-corrected chi connectivity index (χ1v) is 2.40. The average molecular weight is 122 g/mol. The quantitative estimate of drug-likeness (QED) is 0.567. The third-order valence-corrected chi connectivity index (χ3v) is 1.22. The van der Waals surface area contributed by atoms with Crippen molar-refractivity contribution in [2.45, 2.75) is 0 Å². The Morgan fingerprint density at radius 3 is 2.56 bits per heavy atom. The molecule has 0 aliphatic carbocycles. The summed E-state index contributed by atoms with van der Waals surface area (Å²) in [6, 6.07) is 0. The number of rotatable bonds is 1. The number of hydrogen-bond acceptors (Lipinski definition) is 3. The zero-order valence-electron chi connectivity index (χ0n) is 4.33. The summed E-state index contributed by atoms with van der Waals surface area (Å²) >= 11 is 0. The van der Waals surface area contributed by atoms with E-state index in [1.54, 1.807) is 6.20 Å². The van der Waals surface area contributed by atoms with E-state index in [0.29, 0.717) is 10.7 Å². The van der Waals surface area contributed by atoms with Crippen molar-refractivity contribution >= 4 is 5.97 Å². The Balaban J connectivity index is 2.64. The second-order valence-electron chi connectivity index (χ2n) is 1.76. The number of carboxylic acid groups (broad SMARTS) is 1. The molecule has 0 fully saturated rings. The topological polar surface area (TPSA) is 63.1 Å². The van der Waals surface area contributed by atoms with E-state index < -0.39 is 5.97 Å². The minimum absolute atomic E-state index is 0.0903. The summed E-state index contributed by atoms with van der Waals surface area (Å²) in [6.07, 6.45) is 1.54. The van der Waals surface area contributed by atoms with Crippen LogP contribution in [0, 0.1) is 10.7 Å². The van der Waals surface area contributed by atoms with E-state index in [1.807, 2.05) is 0 Å². The first kappa shape index (κ1) is 4.43. The molecule has 4 nitrogen and oxygen atoms in total. The molecule has 0 saturated carbocycles. The summed E-state index contributed by atoms with van der Waals surface area (Å²) in [7, 11) is 0. The molecule has 0 radical (unpaired) electrons. The third-order valence-electron chi connectivity index (χ3n) is 1.22. The Morgan fingerprint density at radius 2 is 2.44 bits per heavy atom. The maximum absolute atomic E-state index is 10.1. The number of aromatic nitrogens is 2. The van der Waals surface area contributed by atoms with Crippen LogP contribution in [0.1, 0.15) is 10.5 Å². The molecule has 2 aliphatic rings. The van der Waals surface area contributed by atoms with Crippen molar-refractivity contribution < 1.29 is 9.90 Å². The average Bonchev–Trinajstić information content (AvgIpc) is 1.76. The lowest BCUT2D eigenvalue weighted by molar-refractivity contribution is 0.0685. The van der Waals surface area contributed by atoms with Crippen LogP contribution in [0.5, 0.6) is 0 Å². The van der Waals surface area contributed by atoms with E-state index in [2.05, 4.69) is 9.97 Å². The van der Waals surface area contributed by atoms with Gasteiger partial charge in [0.15, 0.2) is 5.69 Å². The van der Waals surface area contributed by atoms with Gasteiger partial charge in [-0.2, -0.15) is 0 Å². The minimum atomic E-state index is -0.995. The normalized spacial score (nSPS) is 11.1. The summed E-state index contributed by atoms with van der Waals surface area (Å²) in [4.78, 5) is 17.5. The molecule has 2 aliphatic heterocycles. The van der Waals surface area contributed by atoms with Gasteiger partial charge in [0.2, 0.25) is 0 Å². The summed E-state index contributed by atoms with van der Waals surface area (Å²) in [5.74, 6) is -0.995. The Labute approximate surface area is 49.5 Å². The van der Waals surface area contributed by atoms with Crippen LogP contribution in [0.15, 0.2) is 6.20 Å². The van der Waals surface area contributed by atoms with Crippen molar-refractivity contribution in [2.75, 3.05) is 0 Å². The van der Waals surface area contributed by atoms with Gasteiger partial charge >= 0.3 is 5.97 Å². The van der Waals surface area contributed by atoms with Crippen LogP contribution in [0.2, 0.25) is 0 Å². The van der Waals surface area contributed by atoms with Crippen molar-refractivity contribution in [2.24, 2.45) is 0 Å². The van der Waals surface area contributed by atoms with Gasteiger partial charge in [-0.15, -0.1) is 0 Å².